The zero-order chi connectivity index (χ0) is 39.3. The lowest BCUT2D eigenvalue weighted by atomic mass is 10.1. The van der Waals surface area contributed by atoms with Gasteiger partial charge >= 0.3 is 19.8 Å². The molecule has 0 aliphatic rings. The van der Waals surface area contributed by atoms with Crippen molar-refractivity contribution in [2.24, 2.45) is 0 Å². The predicted molar refractivity (Wildman–Crippen MR) is 212 cm³/mol. The van der Waals surface area contributed by atoms with E-state index in [0.717, 1.165) is 83.5 Å². The van der Waals surface area contributed by atoms with Crippen molar-refractivity contribution in [2.45, 2.75) is 187 Å². The number of allylic oxidation sites excluding steroid dienone is 6. The number of carboxylic acids is 1. The number of rotatable bonds is 38. The van der Waals surface area contributed by atoms with E-state index in [0.29, 0.717) is 12.8 Å². The van der Waals surface area contributed by atoms with E-state index >= 15 is 0 Å². The molecule has 308 valence electrons. The number of aliphatic hydroxyl groups is 1. The Morgan fingerprint density at radius 3 is 1.60 bits per heavy atom. The smallest absolute Gasteiger partial charge is 0.472 e. The number of esters is 1. The summed E-state index contributed by atoms with van der Waals surface area (Å²) in [4.78, 5) is 45.8. The van der Waals surface area contributed by atoms with Gasteiger partial charge in [0.05, 0.1) is 13.2 Å². The van der Waals surface area contributed by atoms with Gasteiger partial charge in [-0.1, -0.05) is 134 Å². The van der Waals surface area contributed by atoms with Crippen LogP contribution in [-0.4, -0.2) is 64.9 Å². The number of aliphatic carboxylic acids is 1. The van der Waals surface area contributed by atoms with Gasteiger partial charge in [-0.2, -0.15) is 0 Å². The number of ether oxygens (including phenoxy) is 1. The molecule has 12 heteroatoms. The maximum absolute atomic E-state index is 12.3. The molecule has 0 radical (unpaired) electrons. The van der Waals surface area contributed by atoms with Crippen LogP contribution in [0.4, 0.5) is 0 Å². The van der Waals surface area contributed by atoms with Crippen molar-refractivity contribution >= 4 is 25.7 Å². The molecule has 53 heavy (non-hydrogen) atoms. The van der Waals surface area contributed by atoms with Gasteiger partial charge in [-0.15, -0.1) is 0 Å². The molecule has 0 aliphatic heterocycles. The van der Waals surface area contributed by atoms with Gasteiger partial charge in [0.15, 0.2) is 6.04 Å². The minimum atomic E-state index is -4.76. The normalized spacial score (nSPS) is 14.2. The minimum absolute atomic E-state index is 0.135. The van der Waals surface area contributed by atoms with Crippen LogP contribution in [-0.2, 0) is 32.7 Å². The highest BCUT2D eigenvalue weighted by molar-refractivity contribution is 7.47. The Bertz CT molecular complexity index is 1050. The molecule has 3 atom stereocenters. The molecule has 1 amide bonds. The quantitative estimate of drug-likeness (QED) is 0.0205. The molecule has 11 nitrogen and oxygen atoms in total. The van der Waals surface area contributed by atoms with Crippen LogP contribution in [0.5, 0.6) is 0 Å². The minimum Gasteiger partial charge on any atom is -0.480 e. The summed E-state index contributed by atoms with van der Waals surface area (Å²) in [5.41, 5.74) is 0. The highest BCUT2D eigenvalue weighted by Crippen LogP contribution is 2.43. The third-order valence-corrected chi connectivity index (χ3v) is 9.60. The summed E-state index contributed by atoms with van der Waals surface area (Å²) >= 11 is 0. The zero-order valence-electron chi connectivity index (χ0n) is 33.1. The van der Waals surface area contributed by atoms with Crippen LogP contribution in [0.3, 0.4) is 0 Å². The predicted octanol–water partition coefficient (Wildman–Crippen LogP) is 10.1. The van der Waals surface area contributed by atoms with Crippen LogP contribution in [0.1, 0.15) is 174 Å². The number of carbonyl (C=O) groups excluding carboxylic acids is 2. The van der Waals surface area contributed by atoms with Crippen molar-refractivity contribution in [2.75, 3.05) is 19.8 Å². The Morgan fingerprint density at radius 1 is 0.604 bits per heavy atom. The highest BCUT2D eigenvalue weighted by atomic mass is 31.2. The van der Waals surface area contributed by atoms with Crippen molar-refractivity contribution in [1.29, 1.82) is 0 Å². The second kappa shape index (κ2) is 36.7. The fourth-order valence-electron chi connectivity index (χ4n) is 5.38. The van der Waals surface area contributed by atoms with Crippen molar-refractivity contribution < 1.29 is 47.8 Å². The van der Waals surface area contributed by atoms with Crippen LogP contribution < -0.4 is 5.32 Å². The molecule has 0 saturated carbocycles. The van der Waals surface area contributed by atoms with Crippen molar-refractivity contribution in [3.63, 3.8) is 0 Å². The number of hydrogen-bond donors (Lipinski definition) is 4. The first-order valence-corrected chi connectivity index (χ1v) is 22.0. The fraction of sp³-hybridized carbons (Fsp3) is 0.780. The third kappa shape index (κ3) is 36.4. The topological polar surface area (TPSA) is 169 Å². The Balaban J connectivity index is 3.97. The molecule has 0 aromatic carbocycles. The van der Waals surface area contributed by atoms with Crippen LogP contribution in [0, 0.1) is 0 Å². The molecule has 0 heterocycles. The van der Waals surface area contributed by atoms with Crippen molar-refractivity contribution in [3.05, 3.63) is 36.5 Å². The molecule has 0 bridgehead atoms. The number of phosphoric ester groups is 1. The second-order valence-corrected chi connectivity index (χ2v) is 15.3. The molecule has 0 rings (SSSR count). The number of amides is 1. The van der Waals surface area contributed by atoms with Crippen LogP contribution in [0.2, 0.25) is 0 Å². The Morgan fingerprint density at radius 2 is 1.06 bits per heavy atom. The average Bonchev–Trinajstić information content (AvgIpc) is 3.13. The fourth-order valence-corrected chi connectivity index (χ4v) is 6.16. The first-order chi connectivity index (χ1) is 25.6. The maximum Gasteiger partial charge on any atom is 0.472 e. The molecule has 0 aromatic heterocycles. The number of phosphoric acid groups is 1. The van der Waals surface area contributed by atoms with E-state index in [1.807, 2.05) is 0 Å². The lowest BCUT2D eigenvalue weighted by Gasteiger charge is -2.18. The molecule has 0 aliphatic carbocycles. The molecule has 0 saturated heterocycles. The van der Waals surface area contributed by atoms with Gasteiger partial charge < -0.3 is 25.2 Å². The number of carboxylic acid groups (broad SMARTS) is 1. The average molecular weight is 772 g/mol. The summed E-state index contributed by atoms with van der Waals surface area (Å²) in [6.07, 6.45) is 37.4. The highest BCUT2D eigenvalue weighted by Gasteiger charge is 2.28. The van der Waals surface area contributed by atoms with Crippen molar-refractivity contribution in [3.8, 4) is 0 Å². The van der Waals surface area contributed by atoms with E-state index in [-0.39, 0.29) is 12.8 Å². The van der Waals surface area contributed by atoms with Crippen LogP contribution in [0.15, 0.2) is 36.5 Å². The third-order valence-electron chi connectivity index (χ3n) is 8.65. The number of unbranched alkanes of at least 4 members (excludes halogenated alkanes) is 18. The summed E-state index contributed by atoms with van der Waals surface area (Å²) in [5.74, 6) is -2.40. The van der Waals surface area contributed by atoms with E-state index in [1.54, 1.807) is 0 Å². The second-order valence-electron chi connectivity index (χ2n) is 13.8. The summed E-state index contributed by atoms with van der Waals surface area (Å²) in [6.45, 7) is 2.51. The number of hydrogen-bond acceptors (Lipinski definition) is 8. The molecule has 4 N–H and O–H groups in total. The van der Waals surface area contributed by atoms with Crippen LogP contribution in [0.25, 0.3) is 0 Å². The van der Waals surface area contributed by atoms with Gasteiger partial charge in [-0.05, 0) is 64.2 Å². The van der Waals surface area contributed by atoms with E-state index in [4.69, 9.17) is 13.8 Å². The molecular weight excluding hydrogens is 697 g/mol. The Kier molecular flexibility index (Phi) is 35.1. The Labute approximate surface area is 321 Å². The molecular formula is C41H74NO10P. The number of carbonyl (C=O) groups is 3. The molecule has 3 unspecified atom stereocenters. The van der Waals surface area contributed by atoms with E-state index in [9.17, 15) is 34.1 Å². The van der Waals surface area contributed by atoms with Gasteiger partial charge in [0, 0.05) is 12.8 Å². The van der Waals surface area contributed by atoms with E-state index < -0.39 is 57.6 Å². The summed E-state index contributed by atoms with van der Waals surface area (Å²) in [6, 6.07) is -1.55. The van der Waals surface area contributed by atoms with Gasteiger partial charge in [-0.25, -0.2) is 9.36 Å². The Hall–Kier alpha value is -2.30. The maximum atomic E-state index is 12.3. The monoisotopic (exact) mass is 772 g/mol. The van der Waals surface area contributed by atoms with Gasteiger partial charge in [-0.3, -0.25) is 18.6 Å². The number of nitrogens with one attached hydrogen (secondary N) is 1. The molecule has 0 fully saturated rings. The van der Waals surface area contributed by atoms with E-state index in [1.165, 1.54) is 51.4 Å². The summed E-state index contributed by atoms with van der Waals surface area (Å²) < 4.78 is 26.8. The van der Waals surface area contributed by atoms with Gasteiger partial charge in [0.2, 0.25) is 5.91 Å². The van der Waals surface area contributed by atoms with Crippen molar-refractivity contribution in [1.82, 2.24) is 5.32 Å². The standard InChI is InChI=1S/C41H74NO10P/c1-3-5-7-9-11-13-15-17-19-20-22-24-26-28-30-32-39(44)42-38(41(46)47)36-52-53(48,49)51-35-37(43)34-50-40(45)33-31-29-27-25-23-21-18-16-14-12-10-8-6-4-2/h10,12,16-19,37-38,43H,3-9,11,13-15,20-36H2,1-2H3,(H,42,44)(H,46,47)(H,48,49)/b12-10-,18-16-,19-17-. The zero-order valence-corrected chi connectivity index (χ0v) is 34.0. The SMILES string of the molecule is CCCC/C=C\C/C=C\CCCCCCCC(=O)OCC(O)COP(=O)(O)OCC(NC(=O)CCCCCCC/C=C\CCCCCCCC)C(=O)O. The lowest BCUT2D eigenvalue weighted by molar-refractivity contribution is -0.147. The largest absolute Gasteiger partial charge is 0.480 e. The lowest BCUT2D eigenvalue weighted by Crippen LogP contribution is -2.43. The summed E-state index contributed by atoms with van der Waals surface area (Å²) in [5, 5.41) is 21.8. The molecule has 0 aromatic rings. The van der Waals surface area contributed by atoms with Crippen LogP contribution >= 0.6 is 7.82 Å². The summed E-state index contributed by atoms with van der Waals surface area (Å²) in [7, 11) is -4.76. The first kappa shape index (κ1) is 50.7. The number of aliphatic hydroxyl groups excluding tert-OH is 1. The molecule has 0 spiro atoms. The van der Waals surface area contributed by atoms with Gasteiger partial charge in [0.25, 0.3) is 0 Å². The van der Waals surface area contributed by atoms with Gasteiger partial charge in [0.1, 0.15) is 12.7 Å². The van der Waals surface area contributed by atoms with E-state index in [2.05, 4.69) is 55.6 Å². The first-order valence-electron chi connectivity index (χ1n) is 20.5.